The molecule has 0 radical (unpaired) electrons. The second-order valence-corrected chi connectivity index (χ2v) is 6.72. The van der Waals surface area contributed by atoms with Crippen LogP contribution in [0.1, 0.15) is 11.1 Å². The monoisotopic (exact) mass is 363 g/mol. The molecule has 4 rings (SSSR count). The van der Waals surface area contributed by atoms with Crippen molar-refractivity contribution in [1.29, 1.82) is 0 Å². The Morgan fingerprint density at radius 2 is 1.85 bits per heavy atom. The number of hydrogen-bond donors (Lipinski definition) is 2. The van der Waals surface area contributed by atoms with Gasteiger partial charge in [-0.05, 0) is 30.7 Å². The van der Waals surface area contributed by atoms with Crippen LogP contribution in [0.15, 0.2) is 54.7 Å². The molecule has 2 aromatic carbocycles. The number of aromatic nitrogens is 1. The second kappa shape index (κ2) is 7.15. The molecule has 6 heteroatoms. The molecule has 1 aromatic heterocycles. The van der Waals surface area contributed by atoms with Crippen molar-refractivity contribution in [1.82, 2.24) is 15.2 Å². The SMILES string of the molecule is Cc1ccc(OCCN2C(=O)N[C@@H](Cc3c[nH]c4ccccc34)C2=O)cc1. The first kappa shape index (κ1) is 17.1. The molecule has 1 fully saturated rings. The maximum Gasteiger partial charge on any atom is 0.324 e. The van der Waals surface area contributed by atoms with Crippen molar-refractivity contribution in [3.05, 3.63) is 65.9 Å². The van der Waals surface area contributed by atoms with Crippen LogP contribution in [-0.4, -0.2) is 41.0 Å². The van der Waals surface area contributed by atoms with E-state index >= 15 is 0 Å². The molecule has 138 valence electrons. The van der Waals surface area contributed by atoms with Crippen LogP contribution >= 0.6 is 0 Å². The molecule has 3 amide bonds. The molecule has 0 saturated carbocycles. The Kier molecular flexibility index (Phi) is 4.54. The molecular weight excluding hydrogens is 342 g/mol. The number of carbonyl (C=O) groups excluding carboxylic acids is 2. The second-order valence-electron chi connectivity index (χ2n) is 6.72. The number of aromatic amines is 1. The maximum atomic E-state index is 12.6. The first-order chi connectivity index (χ1) is 13.1. The fourth-order valence-corrected chi connectivity index (χ4v) is 3.34. The van der Waals surface area contributed by atoms with Gasteiger partial charge in [-0.3, -0.25) is 9.69 Å². The van der Waals surface area contributed by atoms with E-state index in [2.05, 4.69) is 10.3 Å². The zero-order chi connectivity index (χ0) is 18.8. The number of amides is 3. The fraction of sp³-hybridized carbons (Fsp3) is 0.238. The van der Waals surface area contributed by atoms with Crippen LogP contribution in [0.25, 0.3) is 10.9 Å². The number of para-hydroxylation sites is 1. The van der Waals surface area contributed by atoms with Crippen LogP contribution in [-0.2, 0) is 11.2 Å². The van der Waals surface area contributed by atoms with E-state index in [1.807, 2.05) is 61.7 Å². The highest BCUT2D eigenvalue weighted by atomic mass is 16.5. The molecule has 1 aliphatic rings. The number of aryl methyl sites for hydroxylation is 1. The zero-order valence-corrected chi connectivity index (χ0v) is 15.1. The predicted molar refractivity (Wildman–Crippen MR) is 103 cm³/mol. The summed E-state index contributed by atoms with van der Waals surface area (Å²) in [6, 6.07) is 14.7. The first-order valence-electron chi connectivity index (χ1n) is 8.98. The molecule has 2 N–H and O–H groups in total. The Balaban J connectivity index is 1.37. The highest BCUT2D eigenvalue weighted by molar-refractivity contribution is 6.04. The van der Waals surface area contributed by atoms with Gasteiger partial charge in [0.05, 0.1) is 6.54 Å². The third-order valence-corrected chi connectivity index (χ3v) is 4.81. The molecule has 1 saturated heterocycles. The van der Waals surface area contributed by atoms with Crippen LogP contribution < -0.4 is 10.1 Å². The Morgan fingerprint density at radius 1 is 1.07 bits per heavy atom. The number of nitrogens with zero attached hydrogens (tertiary/aromatic N) is 1. The first-order valence-corrected chi connectivity index (χ1v) is 8.98. The van der Waals surface area contributed by atoms with E-state index in [9.17, 15) is 9.59 Å². The van der Waals surface area contributed by atoms with E-state index in [4.69, 9.17) is 4.74 Å². The lowest BCUT2D eigenvalue weighted by Gasteiger charge is -2.14. The minimum Gasteiger partial charge on any atom is -0.492 e. The number of imide groups is 1. The summed E-state index contributed by atoms with van der Waals surface area (Å²) in [4.78, 5) is 29.3. The summed E-state index contributed by atoms with van der Waals surface area (Å²) in [5, 5.41) is 3.85. The summed E-state index contributed by atoms with van der Waals surface area (Å²) in [6.07, 6.45) is 2.36. The molecule has 27 heavy (non-hydrogen) atoms. The predicted octanol–water partition coefficient (Wildman–Crippen LogP) is 3.02. The zero-order valence-electron chi connectivity index (χ0n) is 15.1. The minimum absolute atomic E-state index is 0.210. The van der Waals surface area contributed by atoms with Crippen LogP contribution in [0.3, 0.4) is 0 Å². The number of H-pyrrole nitrogens is 1. The molecule has 2 heterocycles. The van der Waals surface area contributed by atoms with Crippen molar-refractivity contribution >= 4 is 22.8 Å². The van der Waals surface area contributed by atoms with Gasteiger partial charge in [0.25, 0.3) is 5.91 Å². The number of hydrogen-bond acceptors (Lipinski definition) is 3. The lowest BCUT2D eigenvalue weighted by molar-refractivity contribution is -0.127. The van der Waals surface area contributed by atoms with Gasteiger partial charge in [0.2, 0.25) is 0 Å². The Hall–Kier alpha value is -3.28. The van der Waals surface area contributed by atoms with Crippen molar-refractivity contribution in [3.8, 4) is 5.75 Å². The van der Waals surface area contributed by atoms with Gasteiger partial charge in [0, 0.05) is 23.5 Å². The highest BCUT2D eigenvalue weighted by Crippen LogP contribution is 2.21. The molecule has 0 aliphatic carbocycles. The van der Waals surface area contributed by atoms with Gasteiger partial charge < -0.3 is 15.0 Å². The smallest absolute Gasteiger partial charge is 0.324 e. The van der Waals surface area contributed by atoms with E-state index < -0.39 is 6.04 Å². The summed E-state index contributed by atoms with van der Waals surface area (Å²) < 4.78 is 5.64. The molecule has 0 spiro atoms. The average Bonchev–Trinajstić information content (AvgIpc) is 3.19. The van der Waals surface area contributed by atoms with E-state index in [-0.39, 0.29) is 25.1 Å². The number of urea groups is 1. The maximum absolute atomic E-state index is 12.6. The van der Waals surface area contributed by atoms with Crippen LogP contribution in [0.4, 0.5) is 4.79 Å². The van der Waals surface area contributed by atoms with E-state index in [1.54, 1.807) is 0 Å². The van der Waals surface area contributed by atoms with Crippen molar-refractivity contribution in [2.24, 2.45) is 0 Å². The number of rotatable bonds is 6. The van der Waals surface area contributed by atoms with Crippen LogP contribution in [0.2, 0.25) is 0 Å². The Morgan fingerprint density at radius 3 is 2.67 bits per heavy atom. The minimum atomic E-state index is -0.545. The van der Waals surface area contributed by atoms with Gasteiger partial charge in [-0.1, -0.05) is 35.9 Å². The molecule has 1 atom stereocenters. The third kappa shape index (κ3) is 3.51. The summed E-state index contributed by atoms with van der Waals surface area (Å²) in [5.74, 6) is 0.515. The van der Waals surface area contributed by atoms with Crippen molar-refractivity contribution in [2.75, 3.05) is 13.2 Å². The van der Waals surface area contributed by atoms with Crippen molar-refractivity contribution in [2.45, 2.75) is 19.4 Å². The van der Waals surface area contributed by atoms with Gasteiger partial charge in [-0.2, -0.15) is 0 Å². The van der Waals surface area contributed by atoms with Crippen molar-refractivity contribution < 1.29 is 14.3 Å². The summed E-state index contributed by atoms with van der Waals surface area (Å²) in [5.41, 5.74) is 3.19. The van der Waals surface area contributed by atoms with Crippen molar-refractivity contribution in [3.63, 3.8) is 0 Å². The standard InChI is InChI=1S/C21H21N3O3/c1-14-6-8-16(9-7-14)27-11-10-24-20(25)19(23-21(24)26)12-15-13-22-18-5-3-2-4-17(15)18/h2-9,13,19,22H,10-12H2,1H3,(H,23,26)/t19-/m0/s1. The lowest BCUT2D eigenvalue weighted by Crippen LogP contribution is -2.35. The molecule has 6 nitrogen and oxygen atoms in total. The van der Waals surface area contributed by atoms with Gasteiger partial charge >= 0.3 is 6.03 Å². The quantitative estimate of drug-likeness (QED) is 0.661. The molecule has 3 aromatic rings. The molecular formula is C21H21N3O3. The summed E-state index contributed by atoms with van der Waals surface area (Å²) in [6.45, 7) is 2.50. The van der Waals surface area contributed by atoms with Gasteiger partial charge in [-0.25, -0.2) is 4.79 Å². The van der Waals surface area contributed by atoms with E-state index in [1.165, 1.54) is 4.90 Å². The number of ether oxygens (including phenoxy) is 1. The Bertz CT molecular complexity index is 978. The average molecular weight is 363 g/mol. The van der Waals surface area contributed by atoms with Gasteiger partial charge in [0.15, 0.2) is 0 Å². The van der Waals surface area contributed by atoms with Crippen LogP contribution in [0.5, 0.6) is 5.75 Å². The van der Waals surface area contributed by atoms with Crippen LogP contribution in [0, 0.1) is 6.92 Å². The van der Waals surface area contributed by atoms with E-state index in [0.717, 1.165) is 27.8 Å². The topological polar surface area (TPSA) is 74.4 Å². The number of carbonyl (C=O) groups is 2. The summed E-state index contributed by atoms with van der Waals surface area (Å²) >= 11 is 0. The number of benzene rings is 2. The lowest BCUT2D eigenvalue weighted by atomic mass is 10.1. The van der Waals surface area contributed by atoms with E-state index in [0.29, 0.717) is 6.42 Å². The normalized spacial score (nSPS) is 16.8. The summed E-state index contributed by atoms with van der Waals surface area (Å²) in [7, 11) is 0. The van der Waals surface area contributed by atoms with Gasteiger partial charge in [-0.15, -0.1) is 0 Å². The molecule has 1 aliphatic heterocycles. The number of nitrogens with one attached hydrogen (secondary N) is 2. The fourth-order valence-electron chi connectivity index (χ4n) is 3.34. The number of fused-ring (bicyclic) bond motifs is 1. The highest BCUT2D eigenvalue weighted by Gasteiger charge is 2.37. The molecule has 0 bridgehead atoms. The largest absolute Gasteiger partial charge is 0.492 e. The molecule has 0 unspecified atom stereocenters. The van der Waals surface area contributed by atoms with Gasteiger partial charge in [0.1, 0.15) is 18.4 Å². The third-order valence-electron chi connectivity index (χ3n) is 4.81. The Labute approximate surface area is 157 Å².